The van der Waals surface area contributed by atoms with E-state index in [9.17, 15) is 13.6 Å². The Balaban J connectivity index is 1.61. The van der Waals surface area contributed by atoms with Gasteiger partial charge in [-0.25, -0.2) is 13.8 Å². The number of rotatable bonds is 3. The van der Waals surface area contributed by atoms with Gasteiger partial charge >= 0.3 is 0 Å². The summed E-state index contributed by atoms with van der Waals surface area (Å²) in [5.74, 6) is -1.73. The number of carbonyl (C=O) groups excluding carboxylic acids is 1. The zero-order valence-corrected chi connectivity index (χ0v) is 13.6. The molecule has 0 radical (unpaired) electrons. The number of hydrogen-bond donors (Lipinski definition) is 0. The Labute approximate surface area is 147 Å². The van der Waals surface area contributed by atoms with Crippen LogP contribution in [0.15, 0.2) is 47.1 Å². The maximum atomic E-state index is 13.9. The van der Waals surface area contributed by atoms with Crippen LogP contribution in [0.25, 0.3) is 11.4 Å². The topological polar surface area (TPSA) is 72.1 Å². The molecule has 1 aromatic carbocycles. The minimum Gasteiger partial charge on any atom is -0.337 e. The first kappa shape index (κ1) is 16.3. The van der Waals surface area contributed by atoms with Crippen molar-refractivity contribution in [2.75, 3.05) is 6.54 Å². The zero-order valence-electron chi connectivity index (χ0n) is 13.6. The van der Waals surface area contributed by atoms with Crippen LogP contribution in [-0.4, -0.2) is 32.5 Å². The second-order valence-corrected chi connectivity index (χ2v) is 5.96. The maximum absolute atomic E-state index is 13.9. The van der Waals surface area contributed by atoms with Crippen molar-refractivity contribution in [3.05, 3.63) is 65.8 Å². The molecule has 1 amide bonds. The van der Waals surface area contributed by atoms with Crippen molar-refractivity contribution >= 4 is 5.91 Å². The number of benzene rings is 1. The molecule has 8 heteroatoms. The molecule has 1 aliphatic rings. The molecule has 2 aromatic heterocycles. The summed E-state index contributed by atoms with van der Waals surface area (Å²) in [6.07, 6.45) is 2.15. The molecule has 0 bridgehead atoms. The van der Waals surface area contributed by atoms with E-state index >= 15 is 0 Å². The highest BCUT2D eigenvalue weighted by atomic mass is 19.1. The van der Waals surface area contributed by atoms with E-state index in [-0.39, 0.29) is 5.89 Å². The molecular weight excluding hydrogens is 342 g/mol. The average Bonchev–Trinajstić information content (AvgIpc) is 3.31. The monoisotopic (exact) mass is 356 g/mol. The lowest BCUT2D eigenvalue weighted by atomic mass is 10.2. The predicted molar refractivity (Wildman–Crippen MR) is 86.9 cm³/mol. The molecular formula is C18H14F2N4O2. The van der Waals surface area contributed by atoms with Crippen molar-refractivity contribution in [2.24, 2.45) is 0 Å². The smallest absolute Gasteiger partial charge is 0.276 e. The fourth-order valence-electron chi connectivity index (χ4n) is 3.05. The largest absolute Gasteiger partial charge is 0.337 e. The van der Waals surface area contributed by atoms with Crippen LogP contribution in [0.2, 0.25) is 0 Å². The molecule has 0 N–H and O–H groups in total. The van der Waals surface area contributed by atoms with E-state index in [1.165, 1.54) is 4.90 Å². The lowest BCUT2D eigenvalue weighted by Crippen LogP contribution is -2.32. The fourth-order valence-corrected chi connectivity index (χ4v) is 3.05. The van der Waals surface area contributed by atoms with Crippen LogP contribution in [0.4, 0.5) is 8.78 Å². The summed E-state index contributed by atoms with van der Waals surface area (Å²) in [6.45, 7) is 0.408. The highest BCUT2D eigenvalue weighted by molar-refractivity contribution is 5.93. The summed E-state index contributed by atoms with van der Waals surface area (Å²) in [5.41, 5.74) is 0.380. The van der Waals surface area contributed by atoms with Crippen molar-refractivity contribution in [3.63, 3.8) is 0 Å². The number of halogens is 2. The number of carbonyl (C=O) groups is 1. The SMILES string of the molecule is O=C(c1ncc(F)cc1F)N1CCC[C@@H]1c1nc(-c2ccccc2)no1. The summed E-state index contributed by atoms with van der Waals surface area (Å²) >= 11 is 0. The van der Waals surface area contributed by atoms with Gasteiger partial charge in [0.25, 0.3) is 5.91 Å². The summed E-state index contributed by atoms with van der Waals surface area (Å²) < 4.78 is 32.3. The summed E-state index contributed by atoms with van der Waals surface area (Å²) in [7, 11) is 0. The van der Waals surface area contributed by atoms with Gasteiger partial charge in [-0.3, -0.25) is 4.79 Å². The van der Waals surface area contributed by atoms with Gasteiger partial charge in [-0.15, -0.1) is 0 Å². The number of nitrogens with zero attached hydrogens (tertiary/aromatic N) is 4. The van der Waals surface area contributed by atoms with Crippen LogP contribution < -0.4 is 0 Å². The van der Waals surface area contributed by atoms with Gasteiger partial charge in [-0.2, -0.15) is 4.98 Å². The highest BCUT2D eigenvalue weighted by Crippen LogP contribution is 2.33. The number of pyridine rings is 1. The van der Waals surface area contributed by atoms with Crippen LogP contribution >= 0.6 is 0 Å². The van der Waals surface area contributed by atoms with Gasteiger partial charge in [-0.05, 0) is 12.8 Å². The van der Waals surface area contributed by atoms with E-state index in [4.69, 9.17) is 4.52 Å². The molecule has 3 heterocycles. The Morgan fingerprint density at radius 1 is 1.23 bits per heavy atom. The van der Waals surface area contributed by atoms with Gasteiger partial charge in [0.15, 0.2) is 11.5 Å². The molecule has 4 rings (SSSR count). The normalized spacial score (nSPS) is 16.8. The van der Waals surface area contributed by atoms with Crippen molar-refractivity contribution in [1.82, 2.24) is 20.0 Å². The predicted octanol–water partition coefficient (Wildman–Crippen LogP) is 3.39. The molecule has 0 aliphatic carbocycles. The molecule has 3 aromatic rings. The summed E-state index contributed by atoms with van der Waals surface area (Å²) in [4.78, 5) is 22.1. The molecule has 0 unspecified atom stereocenters. The molecule has 6 nitrogen and oxygen atoms in total. The lowest BCUT2D eigenvalue weighted by molar-refractivity contribution is 0.0698. The molecule has 1 saturated heterocycles. The van der Waals surface area contributed by atoms with Crippen molar-refractivity contribution in [2.45, 2.75) is 18.9 Å². The first-order valence-electron chi connectivity index (χ1n) is 8.14. The van der Waals surface area contributed by atoms with E-state index < -0.39 is 29.3 Å². The Hall–Kier alpha value is -3.16. The Bertz CT molecular complexity index is 945. The Morgan fingerprint density at radius 2 is 2.04 bits per heavy atom. The highest BCUT2D eigenvalue weighted by Gasteiger charge is 2.36. The second-order valence-electron chi connectivity index (χ2n) is 5.96. The maximum Gasteiger partial charge on any atom is 0.276 e. The van der Waals surface area contributed by atoms with E-state index in [0.29, 0.717) is 31.3 Å². The van der Waals surface area contributed by atoms with Crippen LogP contribution in [0.1, 0.15) is 35.3 Å². The van der Waals surface area contributed by atoms with Gasteiger partial charge in [0.2, 0.25) is 11.7 Å². The summed E-state index contributed by atoms with van der Waals surface area (Å²) in [6, 6.07) is 9.49. The number of amides is 1. The summed E-state index contributed by atoms with van der Waals surface area (Å²) in [5, 5.41) is 3.96. The fraction of sp³-hybridized carbons (Fsp3) is 0.222. The first-order chi connectivity index (χ1) is 12.6. The standard InChI is InChI=1S/C18H14F2N4O2/c19-12-9-13(20)15(21-10-12)18(25)24-8-4-7-14(24)17-22-16(23-26-17)11-5-2-1-3-6-11/h1-3,5-6,9-10,14H,4,7-8H2/t14-/m1/s1. The van der Waals surface area contributed by atoms with E-state index in [1.807, 2.05) is 30.3 Å². The van der Waals surface area contributed by atoms with Crippen LogP contribution in [0.3, 0.4) is 0 Å². The molecule has 132 valence electrons. The Kier molecular flexibility index (Phi) is 4.16. The molecule has 1 aliphatic heterocycles. The van der Waals surface area contributed by atoms with E-state index in [2.05, 4.69) is 15.1 Å². The average molecular weight is 356 g/mol. The molecule has 1 atom stereocenters. The molecule has 26 heavy (non-hydrogen) atoms. The minimum atomic E-state index is -0.990. The quantitative estimate of drug-likeness (QED) is 0.719. The van der Waals surface area contributed by atoms with Crippen molar-refractivity contribution < 1.29 is 18.1 Å². The molecule has 0 saturated carbocycles. The number of hydrogen-bond acceptors (Lipinski definition) is 5. The van der Waals surface area contributed by atoms with E-state index in [1.54, 1.807) is 0 Å². The second kappa shape index (κ2) is 6.62. The van der Waals surface area contributed by atoms with Crippen LogP contribution in [0.5, 0.6) is 0 Å². The number of aromatic nitrogens is 3. The molecule has 0 spiro atoms. The third kappa shape index (κ3) is 2.94. The van der Waals surface area contributed by atoms with Crippen molar-refractivity contribution in [1.29, 1.82) is 0 Å². The molecule has 1 fully saturated rings. The zero-order chi connectivity index (χ0) is 18.1. The number of likely N-dealkylation sites (tertiary alicyclic amines) is 1. The first-order valence-corrected chi connectivity index (χ1v) is 8.14. The van der Waals surface area contributed by atoms with Gasteiger partial charge < -0.3 is 9.42 Å². The lowest BCUT2D eigenvalue weighted by Gasteiger charge is -2.21. The van der Waals surface area contributed by atoms with E-state index in [0.717, 1.165) is 11.8 Å². The van der Waals surface area contributed by atoms with Gasteiger partial charge in [-0.1, -0.05) is 35.5 Å². The van der Waals surface area contributed by atoms with Gasteiger partial charge in [0.1, 0.15) is 11.9 Å². The van der Waals surface area contributed by atoms with Crippen LogP contribution in [0, 0.1) is 11.6 Å². The van der Waals surface area contributed by atoms with Crippen LogP contribution in [-0.2, 0) is 0 Å². The Morgan fingerprint density at radius 3 is 2.81 bits per heavy atom. The van der Waals surface area contributed by atoms with Gasteiger partial charge in [0, 0.05) is 18.2 Å². The van der Waals surface area contributed by atoms with Gasteiger partial charge in [0.05, 0.1) is 6.20 Å². The third-order valence-corrected chi connectivity index (χ3v) is 4.28. The van der Waals surface area contributed by atoms with Crippen molar-refractivity contribution in [3.8, 4) is 11.4 Å². The third-order valence-electron chi connectivity index (χ3n) is 4.28. The minimum absolute atomic E-state index is 0.289.